The molecule has 1 unspecified atom stereocenters. The summed E-state index contributed by atoms with van der Waals surface area (Å²) in [5.74, 6) is 0.585. The first-order valence-corrected chi connectivity index (χ1v) is 5.78. The van der Waals surface area contributed by atoms with Gasteiger partial charge in [0.1, 0.15) is 0 Å². The van der Waals surface area contributed by atoms with Gasteiger partial charge in [0.15, 0.2) is 0 Å². The Bertz CT molecular complexity index is 374. The first-order valence-electron chi connectivity index (χ1n) is 5.78. The minimum Gasteiger partial charge on any atom is -0.348 e. The number of nitrogens with two attached hydrogens (primary N) is 1. The Kier molecular flexibility index (Phi) is 4.97. The zero-order chi connectivity index (χ0) is 11.5. The summed E-state index contributed by atoms with van der Waals surface area (Å²) in [4.78, 5) is 11.9. The lowest BCUT2D eigenvalue weighted by molar-refractivity contribution is 0.0933. The molecule has 2 rings (SSSR count). The zero-order valence-corrected chi connectivity index (χ0v) is 10.8. The van der Waals surface area contributed by atoms with Gasteiger partial charge in [-0.1, -0.05) is 17.7 Å². The molecule has 4 heteroatoms. The van der Waals surface area contributed by atoms with Crippen LogP contribution < -0.4 is 11.1 Å². The zero-order valence-electron chi connectivity index (χ0n) is 9.98. The van der Waals surface area contributed by atoms with Crippen LogP contribution in [-0.4, -0.2) is 18.5 Å². The molecule has 3 nitrogen and oxygen atoms in total. The standard InChI is InChI=1S/C13H18N2O.ClH/c1-9-2-4-11(5-3-9)13(16)15-12(8-14)10-6-7-10;/h2-5,10,12H,6-8,14H2,1H3,(H,15,16);1H. The van der Waals surface area contributed by atoms with Gasteiger partial charge >= 0.3 is 0 Å². The number of benzene rings is 1. The van der Waals surface area contributed by atoms with Crippen molar-refractivity contribution in [2.24, 2.45) is 11.7 Å². The van der Waals surface area contributed by atoms with Gasteiger partial charge in [0.05, 0.1) is 0 Å². The first-order chi connectivity index (χ1) is 7.70. The van der Waals surface area contributed by atoms with Crippen LogP contribution in [0.1, 0.15) is 28.8 Å². The molecule has 1 atom stereocenters. The summed E-state index contributed by atoms with van der Waals surface area (Å²) >= 11 is 0. The van der Waals surface area contributed by atoms with Crippen molar-refractivity contribution in [3.63, 3.8) is 0 Å². The van der Waals surface area contributed by atoms with Crippen molar-refractivity contribution < 1.29 is 4.79 Å². The third-order valence-electron chi connectivity index (χ3n) is 3.08. The number of halogens is 1. The Morgan fingerprint density at radius 2 is 2.00 bits per heavy atom. The van der Waals surface area contributed by atoms with E-state index in [4.69, 9.17) is 5.73 Å². The lowest BCUT2D eigenvalue weighted by Crippen LogP contribution is -2.41. The fourth-order valence-corrected chi connectivity index (χ4v) is 1.82. The van der Waals surface area contributed by atoms with E-state index >= 15 is 0 Å². The van der Waals surface area contributed by atoms with Crippen molar-refractivity contribution in [2.45, 2.75) is 25.8 Å². The Hall–Kier alpha value is -1.06. The van der Waals surface area contributed by atoms with Crippen LogP contribution in [0, 0.1) is 12.8 Å². The second-order valence-electron chi connectivity index (χ2n) is 4.52. The van der Waals surface area contributed by atoms with Gasteiger partial charge in [-0.3, -0.25) is 4.79 Å². The molecule has 0 saturated heterocycles. The van der Waals surface area contributed by atoms with E-state index in [9.17, 15) is 4.79 Å². The third kappa shape index (κ3) is 3.72. The van der Waals surface area contributed by atoms with Crippen molar-refractivity contribution in [1.29, 1.82) is 0 Å². The highest BCUT2D eigenvalue weighted by molar-refractivity contribution is 5.94. The minimum absolute atomic E-state index is 0. The normalized spacial score (nSPS) is 15.9. The van der Waals surface area contributed by atoms with E-state index in [2.05, 4.69) is 5.32 Å². The van der Waals surface area contributed by atoms with Gasteiger partial charge in [-0.25, -0.2) is 0 Å². The van der Waals surface area contributed by atoms with E-state index in [0.29, 0.717) is 18.0 Å². The summed E-state index contributed by atoms with van der Waals surface area (Å²) in [7, 11) is 0. The van der Waals surface area contributed by atoms with Crippen LogP contribution in [-0.2, 0) is 0 Å². The number of amides is 1. The van der Waals surface area contributed by atoms with Gasteiger partial charge in [-0.2, -0.15) is 0 Å². The van der Waals surface area contributed by atoms with Crippen LogP contribution in [0.4, 0.5) is 0 Å². The van der Waals surface area contributed by atoms with Crippen LogP contribution in [0.3, 0.4) is 0 Å². The Balaban J connectivity index is 0.00000144. The van der Waals surface area contributed by atoms with Gasteiger partial charge in [-0.15, -0.1) is 12.4 Å². The summed E-state index contributed by atoms with van der Waals surface area (Å²) in [5, 5.41) is 3.00. The molecule has 0 heterocycles. The number of carbonyl (C=O) groups excluding carboxylic acids is 1. The van der Waals surface area contributed by atoms with Gasteiger partial charge < -0.3 is 11.1 Å². The average molecular weight is 255 g/mol. The molecular weight excluding hydrogens is 236 g/mol. The topological polar surface area (TPSA) is 55.1 Å². The van der Waals surface area contributed by atoms with Crippen molar-refractivity contribution >= 4 is 18.3 Å². The summed E-state index contributed by atoms with van der Waals surface area (Å²) in [6.45, 7) is 2.54. The smallest absolute Gasteiger partial charge is 0.251 e. The number of carbonyl (C=O) groups is 1. The average Bonchev–Trinajstić information content (AvgIpc) is 3.10. The van der Waals surface area contributed by atoms with Crippen molar-refractivity contribution in [1.82, 2.24) is 5.32 Å². The first kappa shape index (κ1) is 14.0. The lowest BCUT2D eigenvalue weighted by atomic mass is 10.1. The highest BCUT2D eigenvalue weighted by Crippen LogP contribution is 2.32. The van der Waals surface area contributed by atoms with Crippen LogP contribution in [0.5, 0.6) is 0 Å². The molecule has 1 aromatic rings. The van der Waals surface area contributed by atoms with Crippen LogP contribution in [0.2, 0.25) is 0 Å². The highest BCUT2D eigenvalue weighted by atomic mass is 35.5. The largest absolute Gasteiger partial charge is 0.348 e. The van der Waals surface area contributed by atoms with Crippen molar-refractivity contribution in [3.05, 3.63) is 35.4 Å². The summed E-state index contributed by atoms with van der Waals surface area (Å²) in [6, 6.07) is 7.75. The number of hydrogen-bond donors (Lipinski definition) is 2. The third-order valence-corrected chi connectivity index (χ3v) is 3.08. The number of hydrogen-bond acceptors (Lipinski definition) is 2. The number of nitrogens with one attached hydrogen (secondary N) is 1. The second kappa shape index (κ2) is 6.03. The molecule has 94 valence electrons. The molecule has 1 fully saturated rings. The fraction of sp³-hybridized carbons (Fsp3) is 0.462. The number of aryl methyl sites for hydroxylation is 1. The van der Waals surface area contributed by atoms with E-state index < -0.39 is 0 Å². The van der Waals surface area contributed by atoms with Crippen LogP contribution in [0.25, 0.3) is 0 Å². The minimum atomic E-state index is -0.0117. The molecule has 1 aliphatic carbocycles. The Morgan fingerprint density at radius 3 is 2.47 bits per heavy atom. The van der Waals surface area contributed by atoms with Gasteiger partial charge in [-0.05, 0) is 37.8 Å². The molecule has 0 bridgehead atoms. The van der Waals surface area contributed by atoms with E-state index in [1.165, 1.54) is 12.8 Å². The van der Waals surface area contributed by atoms with Crippen LogP contribution in [0.15, 0.2) is 24.3 Å². The van der Waals surface area contributed by atoms with Crippen molar-refractivity contribution in [3.8, 4) is 0 Å². The molecule has 1 aliphatic rings. The molecule has 0 aromatic heterocycles. The Morgan fingerprint density at radius 1 is 1.41 bits per heavy atom. The quantitative estimate of drug-likeness (QED) is 0.862. The molecule has 1 amide bonds. The molecule has 0 aliphatic heterocycles. The molecule has 1 aromatic carbocycles. The maximum Gasteiger partial charge on any atom is 0.251 e. The fourth-order valence-electron chi connectivity index (χ4n) is 1.82. The lowest BCUT2D eigenvalue weighted by Gasteiger charge is -2.15. The van der Waals surface area contributed by atoms with E-state index in [0.717, 1.165) is 5.56 Å². The molecule has 17 heavy (non-hydrogen) atoms. The van der Waals surface area contributed by atoms with Crippen LogP contribution >= 0.6 is 12.4 Å². The maximum atomic E-state index is 11.9. The molecule has 1 saturated carbocycles. The number of rotatable bonds is 4. The molecular formula is C13H19ClN2O. The van der Waals surface area contributed by atoms with E-state index in [1.807, 2.05) is 31.2 Å². The van der Waals surface area contributed by atoms with Gasteiger partial charge in [0.2, 0.25) is 0 Å². The van der Waals surface area contributed by atoms with Crippen molar-refractivity contribution in [2.75, 3.05) is 6.54 Å². The molecule has 3 N–H and O–H groups in total. The maximum absolute atomic E-state index is 11.9. The highest BCUT2D eigenvalue weighted by Gasteiger charge is 2.31. The monoisotopic (exact) mass is 254 g/mol. The van der Waals surface area contributed by atoms with Gasteiger partial charge in [0.25, 0.3) is 5.91 Å². The SMILES string of the molecule is Cc1ccc(C(=O)NC(CN)C2CC2)cc1.Cl. The summed E-state index contributed by atoms with van der Waals surface area (Å²) < 4.78 is 0. The molecule has 0 radical (unpaired) electrons. The van der Waals surface area contributed by atoms with E-state index in [1.54, 1.807) is 0 Å². The summed E-state index contributed by atoms with van der Waals surface area (Å²) in [6.07, 6.45) is 2.38. The van der Waals surface area contributed by atoms with Gasteiger partial charge in [0, 0.05) is 18.2 Å². The predicted molar refractivity (Wildman–Crippen MR) is 71.5 cm³/mol. The predicted octanol–water partition coefficient (Wildman–Crippen LogP) is 1.88. The Labute approximate surface area is 108 Å². The molecule has 0 spiro atoms. The summed E-state index contributed by atoms with van der Waals surface area (Å²) in [5.41, 5.74) is 7.52. The second-order valence-corrected chi connectivity index (χ2v) is 4.52. The van der Waals surface area contributed by atoms with E-state index in [-0.39, 0.29) is 24.4 Å².